The molecule has 0 saturated carbocycles. The largest absolute Gasteiger partial charge is 0.385 e. The molecule has 92 valence electrons. The summed E-state index contributed by atoms with van der Waals surface area (Å²) in [6, 6.07) is 7.31. The molecule has 0 aromatic heterocycles. The molecule has 1 aromatic carbocycles. The Labute approximate surface area is 101 Å². The molecule has 0 spiro atoms. The summed E-state index contributed by atoms with van der Waals surface area (Å²) >= 11 is 0. The van der Waals surface area contributed by atoms with Crippen LogP contribution in [0.25, 0.3) is 0 Å². The highest BCUT2D eigenvalue weighted by Crippen LogP contribution is 2.31. The van der Waals surface area contributed by atoms with Crippen LogP contribution in [0, 0.1) is 0 Å². The predicted octanol–water partition coefficient (Wildman–Crippen LogP) is 2.28. The fraction of sp³-hybridized carbons (Fsp3) is 0.500. The SMILES string of the molecule is CCC(=O)c1ccc(C2(O)CCOCC2)cc1. The van der Waals surface area contributed by atoms with Gasteiger partial charge in [0.25, 0.3) is 0 Å². The van der Waals surface area contributed by atoms with Gasteiger partial charge in [-0.1, -0.05) is 31.2 Å². The first kappa shape index (κ1) is 12.3. The molecule has 1 N–H and O–H groups in total. The fourth-order valence-electron chi connectivity index (χ4n) is 2.17. The standard InChI is InChI=1S/C14H18O3/c1-2-13(15)11-3-5-12(6-4-11)14(16)7-9-17-10-8-14/h3-6,16H,2,7-10H2,1H3. The Morgan fingerprint density at radius 3 is 2.41 bits per heavy atom. The molecule has 0 amide bonds. The van der Waals surface area contributed by atoms with Crippen LogP contribution in [-0.2, 0) is 10.3 Å². The van der Waals surface area contributed by atoms with Gasteiger partial charge in [0, 0.05) is 38.0 Å². The Morgan fingerprint density at radius 1 is 1.29 bits per heavy atom. The number of carbonyl (C=O) groups is 1. The molecule has 0 radical (unpaired) electrons. The van der Waals surface area contributed by atoms with Crippen LogP contribution in [0.4, 0.5) is 0 Å². The van der Waals surface area contributed by atoms with Gasteiger partial charge in [-0.25, -0.2) is 0 Å². The third-order valence-electron chi connectivity index (χ3n) is 3.39. The topological polar surface area (TPSA) is 46.5 Å². The molecule has 1 aromatic rings. The minimum atomic E-state index is -0.786. The molecule has 0 bridgehead atoms. The summed E-state index contributed by atoms with van der Waals surface area (Å²) in [5.41, 5.74) is 0.812. The monoisotopic (exact) mass is 234 g/mol. The first-order chi connectivity index (χ1) is 8.15. The minimum Gasteiger partial charge on any atom is -0.385 e. The van der Waals surface area contributed by atoms with Crippen molar-refractivity contribution in [2.24, 2.45) is 0 Å². The van der Waals surface area contributed by atoms with Crippen LogP contribution in [0.2, 0.25) is 0 Å². The smallest absolute Gasteiger partial charge is 0.162 e. The van der Waals surface area contributed by atoms with Crippen molar-refractivity contribution >= 4 is 5.78 Å². The molecular weight excluding hydrogens is 216 g/mol. The van der Waals surface area contributed by atoms with Crippen molar-refractivity contribution in [2.75, 3.05) is 13.2 Å². The quantitative estimate of drug-likeness (QED) is 0.816. The van der Waals surface area contributed by atoms with Crippen molar-refractivity contribution in [3.05, 3.63) is 35.4 Å². The summed E-state index contributed by atoms with van der Waals surface area (Å²) in [6.45, 7) is 3.03. The number of hydrogen-bond donors (Lipinski definition) is 1. The number of ether oxygens (including phenoxy) is 1. The van der Waals surface area contributed by atoms with E-state index in [2.05, 4.69) is 0 Å². The van der Waals surface area contributed by atoms with Crippen molar-refractivity contribution < 1.29 is 14.6 Å². The average molecular weight is 234 g/mol. The van der Waals surface area contributed by atoms with Gasteiger partial charge in [0.05, 0.1) is 5.60 Å². The molecule has 0 atom stereocenters. The predicted molar refractivity (Wildman–Crippen MR) is 65.0 cm³/mol. The molecule has 1 saturated heterocycles. The number of rotatable bonds is 3. The van der Waals surface area contributed by atoms with Gasteiger partial charge in [0.2, 0.25) is 0 Å². The Balaban J connectivity index is 2.19. The Bertz CT molecular complexity index is 388. The number of benzene rings is 1. The second-order valence-corrected chi connectivity index (χ2v) is 4.50. The van der Waals surface area contributed by atoms with E-state index in [1.807, 2.05) is 19.1 Å². The van der Waals surface area contributed by atoms with E-state index in [9.17, 15) is 9.90 Å². The summed E-state index contributed by atoms with van der Waals surface area (Å²) in [4.78, 5) is 11.5. The second-order valence-electron chi connectivity index (χ2n) is 4.50. The van der Waals surface area contributed by atoms with E-state index in [4.69, 9.17) is 4.74 Å². The van der Waals surface area contributed by atoms with E-state index >= 15 is 0 Å². The third-order valence-corrected chi connectivity index (χ3v) is 3.39. The van der Waals surface area contributed by atoms with Crippen molar-refractivity contribution in [1.29, 1.82) is 0 Å². The molecule has 0 unspecified atom stereocenters. The number of carbonyl (C=O) groups excluding carboxylic acids is 1. The van der Waals surface area contributed by atoms with Gasteiger partial charge in [-0.2, -0.15) is 0 Å². The molecule has 17 heavy (non-hydrogen) atoms. The normalized spacial score (nSPS) is 18.9. The summed E-state index contributed by atoms with van der Waals surface area (Å²) in [6.07, 6.45) is 1.75. The number of hydrogen-bond acceptors (Lipinski definition) is 3. The van der Waals surface area contributed by atoms with Gasteiger partial charge in [-0.3, -0.25) is 4.79 Å². The maximum absolute atomic E-state index is 11.5. The van der Waals surface area contributed by atoms with Gasteiger partial charge in [-0.05, 0) is 5.56 Å². The number of ketones is 1. The van der Waals surface area contributed by atoms with Crippen LogP contribution in [0.15, 0.2) is 24.3 Å². The highest BCUT2D eigenvalue weighted by atomic mass is 16.5. The summed E-state index contributed by atoms with van der Waals surface area (Å²) in [5.74, 6) is 0.135. The zero-order chi connectivity index (χ0) is 12.3. The Morgan fingerprint density at radius 2 is 1.88 bits per heavy atom. The zero-order valence-corrected chi connectivity index (χ0v) is 10.1. The maximum Gasteiger partial charge on any atom is 0.162 e. The van der Waals surface area contributed by atoms with Gasteiger partial charge < -0.3 is 9.84 Å². The molecule has 1 fully saturated rings. The molecular formula is C14H18O3. The van der Waals surface area contributed by atoms with Gasteiger partial charge in [0.15, 0.2) is 5.78 Å². The summed E-state index contributed by atoms with van der Waals surface area (Å²) in [7, 11) is 0. The molecule has 3 nitrogen and oxygen atoms in total. The molecule has 1 heterocycles. The lowest BCUT2D eigenvalue weighted by molar-refractivity contribution is -0.0679. The van der Waals surface area contributed by atoms with Crippen molar-refractivity contribution in [3.63, 3.8) is 0 Å². The lowest BCUT2D eigenvalue weighted by Gasteiger charge is -2.32. The maximum atomic E-state index is 11.5. The fourth-order valence-corrected chi connectivity index (χ4v) is 2.17. The van der Waals surface area contributed by atoms with Crippen molar-refractivity contribution in [2.45, 2.75) is 31.8 Å². The molecule has 2 rings (SSSR count). The lowest BCUT2D eigenvalue weighted by atomic mass is 9.86. The summed E-state index contributed by atoms with van der Waals surface area (Å²) < 4.78 is 5.25. The van der Waals surface area contributed by atoms with E-state index < -0.39 is 5.60 Å². The van der Waals surface area contributed by atoms with Crippen LogP contribution in [0.5, 0.6) is 0 Å². The van der Waals surface area contributed by atoms with E-state index in [0.29, 0.717) is 38.0 Å². The molecule has 1 aliphatic rings. The van der Waals surface area contributed by atoms with Crippen LogP contribution in [-0.4, -0.2) is 24.1 Å². The van der Waals surface area contributed by atoms with Crippen molar-refractivity contribution in [1.82, 2.24) is 0 Å². The minimum absolute atomic E-state index is 0.135. The highest BCUT2D eigenvalue weighted by Gasteiger charge is 2.31. The van der Waals surface area contributed by atoms with Crippen LogP contribution in [0.3, 0.4) is 0 Å². The first-order valence-electron chi connectivity index (χ1n) is 6.09. The lowest BCUT2D eigenvalue weighted by Crippen LogP contribution is -2.33. The third kappa shape index (κ3) is 2.56. The van der Waals surface area contributed by atoms with Crippen LogP contribution < -0.4 is 0 Å². The van der Waals surface area contributed by atoms with E-state index in [1.54, 1.807) is 12.1 Å². The first-order valence-corrected chi connectivity index (χ1v) is 6.09. The Hall–Kier alpha value is -1.19. The van der Waals surface area contributed by atoms with Gasteiger partial charge in [0.1, 0.15) is 0 Å². The highest BCUT2D eigenvalue weighted by molar-refractivity contribution is 5.95. The zero-order valence-electron chi connectivity index (χ0n) is 10.1. The number of Topliss-reactive ketones (excluding diaryl/α,β-unsaturated/α-hetero) is 1. The second kappa shape index (κ2) is 4.98. The van der Waals surface area contributed by atoms with E-state index in [1.165, 1.54) is 0 Å². The van der Waals surface area contributed by atoms with Crippen LogP contribution >= 0.6 is 0 Å². The molecule has 0 aliphatic carbocycles. The van der Waals surface area contributed by atoms with E-state index in [0.717, 1.165) is 5.56 Å². The Kier molecular flexibility index (Phi) is 3.60. The molecule has 1 aliphatic heterocycles. The number of aliphatic hydroxyl groups is 1. The van der Waals surface area contributed by atoms with Crippen molar-refractivity contribution in [3.8, 4) is 0 Å². The average Bonchev–Trinajstić information content (AvgIpc) is 2.39. The van der Waals surface area contributed by atoms with Gasteiger partial charge >= 0.3 is 0 Å². The molecule has 3 heteroatoms. The van der Waals surface area contributed by atoms with E-state index in [-0.39, 0.29) is 5.78 Å². The van der Waals surface area contributed by atoms with Crippen LogP contribution in [0.1, 0.15) is 42.1 Å². The van der Waals surface area contributed by atoms with Gasteiger partial charge in [-0.15, -0.1) is 0 Å². The summed E-state index contributed by atoms with van der Waals surface area (Å²) in [5, 5.41) is 10.5.